The number of aromatic nitrogens is 2. The quantitative estimate of drug-likeness (QED) is 0.895. The summed E-state index contributed by atoms with van der Waals surface area (Å²) in [6, 6.07) is 6.38. The lowest BCUT2D eigenvalue weighted by atomic mass is 10.0. The molecule has 2 fully saturated rings. The maximum Gasteiger partial charge on any atom is 0.337 e. The standard InChI is InChI=1S/C21H26N4O2/c1-24-9-3-5-18(24)14-7-8-17(22-12-14)20-16(21(26)27)11-15(13-23-20)19-6-4-10-25(19)2/h7-8,11-13,18-19H,3-6,9-10H2,1-2H3,(H,26,27). The average Bonchev–Trinajstić information content (AvgIpc) is 3.29. The van der Waals surface area contributed by atoms with Crippen LogP contribution in [-0.2, 0) is 0 Å². The minimum absolute atomic E-state index is 0.228. The van der Waals surface area contributed by atoms with Crippen molar-refractivity contribution in [2.75, 3.05) is 27.2 Å². The first-order valence-electron chi connectivity index (χ1n) is 9.64. The van der Waals surface area contributed by atoms with E-state index >= 15 is 0 Å². The number of aromatic carboxylic acids is 1. The topological polar surface area (TPSA) is 69.6 Å². The van der Waals surface area contributed by atoms with Crippen molar-refractivity contribution in [3.8, 4) is 11.4 Å². The summed E-state index contributed by atoms with van der Waals surface area (Å²) in [4.78, 5) is 25.5. The highest BCUT2D eigenvalue weighted by Gasteiger charge is 2.26. The molecule has 2 saturated heterocycles. The number of pyridine rings is 2. The van der Waals surface area contributed by atoms with Gasteiger partial charge in [0.05, 0.1) is 11.3 Å². The van der Waals surface area contributed by atoms with Crippen LogP contribution in [-0.4, -0.2) is 58.0 Å². The highest BCUT2D eigenvalue weighted by atomic mass is 16.4. The summed E-state index contributed by atoms with van der Waals surface area (Å²) in [5.41, 5.74) is 3.44. The van der Waals surface area contributed by atoms with E-state index in [4.69, 9.17) is 0 Å². The van der Waals surface area contributed by atoms with E-state index in [1.807, 2.05) is 18.5 Å². The smallest absolute Gasteiger partial charge is 0.337 e. The molecule has 2 aromatic heterocycles. The van der Waals surface area contributed by atoms with Gasteiger partial charge in [0.1, 0.15) is 5.69 Å². The van der Waals surface area contributed by atoms with Gasteiger partial charge in [0.25, 0.3) is 0 Å². The van der Waals surface area contributed by atoms with Gasteiger partial charge in [-0.15, -0.1) is 0 Å². The predicted octanol–water partition coefficient (Wildman–Crippen LogP) is 3.38. The Hall–Kier alpha value is -2.31. The molecule has 4 heterocycles. The minimum Gasteiger partial charge on any atom is -0.478 e. The molecule has 6 heteroatoms. The van der Waals surface area contributed by atoms with Gasteiger partial charge < -0.3 is 5.11 Å². The molecule has 1 N–H and O–H groups in total. The third-order valence-corrected chi connectivity index (χ3v) is 5.98. The van der Waals surface area contributed by atoms with Gasteiger partial charge in [-0.2, -0.15) is 0 Å². The highest BCUT2D eigenvalue weighted by Crippen LogP contribution is 2.33. The molecule has 0 aromatic carbocycles. The first kappa shape index (κ1) is 18.1. The monoisotopic (exact) mass is 366 g/mol. The Labute approximate surface area is 159 Å². The molecule has 2 aliphatic heterocycles. The van der Waals surface area contributed by atoms with Gasteiger partial charge in [-0.25, -0.2) is 4.79 Å². The molecule has 2 aromatic rings. The van der Waals surface area contributed by atoms with Crippen molar-refractivity contribution >= 4 is 5.97 Å². The number of carboxylic acid groups (broad SMARTS) is 1. The van der Waals surface area contributed by atoms with E-state index in [9.17, 15) is 9.90 Å². The van der Waals surface area contributed by atoms with Gasteiger partial charge in [0.15, 0.2) is 0 Å². The third kappa shape index (κ3) is 3.47. The van der Waals surface area contributed by atoms with E-state index in [1.165, 1.54) is 12.0 Å². The second-order valence-electron chi connectivity index (χ2n) is 7.72. The summed E-state index contributed by atoms with van der Waals surface area (Å²) in [5.74, 6) is -0.957. The van der Waals surface area contributed by atoms with Crippen LogP contribution < -0.4 is 0 Å². The SMILES string of the molecule is CN1CCCC1c1ccc(-c2ncc(C3CCCN3C)cc2C(=O)O)nc1. The van der Waals surface area contributed by atoms with Gasteiger partial charge in [0, 0.05) is 24.5 Å². The molecule has 6 nitrogen and oxygen atoms in total. The van der Waals surface area contributed by atoms with Gasteiger partial charge in [-0.1, -0.05) is 6.07 Å². The molecule has 2 unspecified atom stereocenters. The summed E-state index contributed by atoms with van der Waals surface area (Å²) >= 11 is 0. The molecule has 0 radical (unpaired) electrons. The molecular formula is C21H26N4O2. The summed E-state index contributed by atoms with van der Waals surface area (Å²) in [7, 11) is 4.21. The van der Waals surface area contributed by atoms with E-state index in [-0.39, 0.29) is 11.6 Å². The fourth-order valence-corrected chi connectivity index (χ4v) is 4.44. The van der Waals surface area contributed by atoms with Crippen molar-refractivity contribution in [3.63, 3.8) is 0 Å². The number of carboxylic acids is 1. The second-order valence-corrected chi connectivity index (χ2v) is 7.72. The van der Waals surface area contributed by atoms with Crippen LogP contribution in [0.25, 0.3) is 11.4 Å². The predicted molar refractivity (Wildman–Crippen MR) is 104 cm³/mol. The maximum atomic E-state index is 11.9. The molecule has 0 saturated carbocycles. The fourth-order valence-electron chi connectivity index (χ4n) is 4.44. The number of carbonyl (C=O) groups is 1. The molecule has 0 spiro atoms. The van der Waals surface area contributed by atoms with Crippen LogP contribution in [0, 0.1) is 0 Å². The lowest BCUT2D eigenvalue weighted by Crippen LogP contribution is -2.18. The van der Waals surface area contributed by atoms with E-state index < -0.39 is 5.97 Å². The molecule has 0 aliphatic carbocycles. The van der Waals surface area contributed by atoms with Crippen LogP contribution in [0.2, 0.25) is 0 Å². The largest absolute Gasteiger partial charge is 0.478 e. The molecule has 4 rings (SSSR count). The van der Waals surface area contributed by atoms with Crippen LogP contribution >= 0.6 is 0 Å². The average molecular weight is 366 g/mol. The van der Waals surface area contributed by atoms with Crippen molar-refractivity contribution in [2.24, 2.45) is 0 Å². The van der Waals surface area contributed by atoms with Crippen LogP contribution in [0.4, 0.5) is 0 Å². The maximum absolute atomic E-state index is 11.9. The summed E-state index contributed by atoms with van der Waals surface area (Å²) in [6.45, 7) is 2.14. The van der Waals surface area contributed by atoms with Crippen molar-refractivity contribution in [1.29, 1.82) is 0 Å². The summed E-state index contributed by atoms with van der Waals surface area (Å²) < 4.78 is 0. The lowest BCUT2D eigenvalue weighted by molar-refractivity contribution is 0.0697. The van der Waals surface area contributed by atoms with E-state index in [0.717, 1.165) is 37.9 Å². The lowest BCUT2D eigenvalue weighted by Gasteiger charge is -2.21. The molecule has 27 heavy (non-hydrogen) atoms. The first-order valence-corrected chi connectivity index (χ1v) is 9.64. The van der Waals surface area contributed by atoms with Gasteiger partial charge in [-0.05, 0) is 76.1 Å². The van der Waals surface area contributed by atoms with E-state index in [2.05, 4.69) is 39.9 Å². The van der Waals surface area contributed by atoms with Gasteiger partial charge in [-0.3, -0.25) is 19.8 Å². The van der Waals surface area contributed by atoms with Crippen LogP contribution in [0.5, 0.6) is 0 Å². The first-order chi connectivity index (χ1) is 13.0. The Morgan fingerprint density at radius 1 is 1.00 bits per heavy atom. The number of rotatable bonds is 4. The van der Waals surface area contributed by atoms with Crippen LogP contribution in [0.1, 0.15) is 59.3 Å². The zero-order valence-corrected chi connectivity index (χ0v) is 15.9. The molecule has 2 aliphatic rings. The highest BCUT2D eigenvalue weighted by molar-refractivity contribution is 5.94. The third-order valence-electron chi connectivity index (χ3n) is 5.98. The second kappa shape index (κ2) is 7.37. The van der Waals surface area contributed by atoms with Crippen molar-refractivity contribution in [2.45, 2.75) is 37.8 Å². The van der Waals surface area contributed by atoms with Gasteiger partial charge >= 0.3 is 5.97 Å². The van der Waals surface area contributed by atoms with E-state index in [0.29, 0.717) is 17.4 Å². The Kier molecular flexibility index (Phi) is 4.93. The van der Waals surface area contributed by atoms with Crippen molar-refractivity contribution < 1.29 is 9.90 Å². The number of likely N-dealkylation sites (tertiary alicyclic amines) is 2. The molecular weight excluding hydrogens is 340 g/mol. The minimum atomic E-state index is -0.957. The molecule has 142 valence electrons. The molecule has 2 atom stereocenters. The van der Waals surface area contributed by atoms with Crippen molar-refractivity contribution in [3.05, 3.63) is 47.3 Å². The molecule has 0 bridgehead atoms. The van der Waals surface area contributed by atoms with Crippen LogP contribution in [0.3, 0.4) is 0 Å². The zero-order chi connectivity index (χ0) is 19.0. The Morgan fingerprint density at radius 3 is 2.15 bits per heavy atom. The Balaban J connectivity index is 1.65. The van der Waals surface area contributed by atoms with Crippen LogP contribution in [0.15, 0.2) is 30.6 Å². The van der Waals surface area contributed by atoms with Crippen molar-refractivity contribution in [1.82, 2.24) is 19.8 Å². The van der Waals surface area contributed by atoms with E-state index in [1.54, 1.807) is 6.07 Å². The number of nitrogens with zero attached hydrogens (tertiary/aromatic N) is 4. The summed E-state index contributed by atoms with van der Waals surface area (Å²) in [5, 5.41) is 9.73. The summed E-state index contributed by atoms with van der Waals surface area (Å²) in [6.07, 6.45) is 8.19. The Morgan fingerprint density at radius 2 is 1.63 bits per heavy atom. The number of hydrogen-bond acceptors (Lipinski definition) is 5. The molecule has 0 amide bonds. The Bertz CT molecular complexity index is 837. The zero-order valence-electron chi connectivity index (χ0n) is 15.9. The number of hydrogen-bond donors (Lipinski definition) is 1. The fraction of sp³-hybridized carbons (Fsp3) is 0.476. The normalized spacial score (nSPS) is 23.8. The van der Waals surface area contributed by atoms with Gasteiger partial charge in [0.2, 0.25) is 0 Å².